The fourth-order valence-corrected chi connectivity index (χ4v) is 2.64. The first-order chi connectivity index (χ1) is 9.15. The van der Waals surface area contributed by atoms with E-state index >= 15 is 0 Å². The summed E-state index contributed by atoms with van der Waals surface area (Å²) in [6.45, 7) is 4.66. The van der Waals surface area contributed by atoms with E-state index in [0.29, 0.717) is 23.7 Å². The molecule has 0 spiro atoms. The van der Waals surface area contributed by atoms with Crippen LogP contribution in [-0.2, 0) is 17.6 Å². The molecular weight excluding hydrogens is 262 g/mol. The van der Waals surface area contributed by atoms with Crippen LogP contribution in [0.1, 0.15) is 25.1 Å². The maximum absolute atomic E-state index is 11.6. The van der Waals surface area contributed by atoms with Crippen LogP contribution in [0.15, 0.2) is 12.1 Å². The topological polar surface area (TPSA) is 70.9 Å². The van der Waals surface area contributed by atoms with Crippen molar-refractivity contribution < 1.29 is 4.79 Å². The van der Waals surface area contributed by atoms with Gasteiger partial charge in [0.1, 0.15) is 0 Å². The van der Waals surface area contributed by atoms with E-state index in [0.717, 1.165) is 28.6 Å². The summed E-state index contributed by atoms with van der Waals surface area (Å²) in [6.07, 6.45) is 1.17. The van der Waals surface area contributed by atoms with Crippen molar-refractivity contribution in [2.75, 3.05) is 12.3 Å². The van der Waals surface area contributed by atoms with E-state index in [1.54, 1.807) is 6.07 Å². The summed E-state index contributed by atoms with van der Waals surface area (Å²) < 4.78 is 0. The molecule has 0 fully saturated rings. The lowest BCUT2D eigenvalue weighted by molar-refractivity contribution is -0.120. The van der Waals surface area contributed by atoms with E-state index in [-0.39, 0.29) is 5.91 Å². The van der Waals surface area contributed by atoms with Crippen molar-refractivity contribution in [1.29, 1.82) is 0 Å². The number of aromatic amines is 1. The highest BCUT2D eigenvalue weighted by Crippen LogP contribution is 2.32. The van der Waals surface area contributed by atoms with Crippen LogP contribution in [0, 0.1) is 0 Å². The number of anilines is 1. The molecule has 0 aliphatic carbocycles. The summed E-state index contributed by atoms with van der Waals surface area (Å²) in [6, 6.07) is 3.57. The lowest BCUT2D eigenvalue weighted by Gasteiger charge is -2.02. The number of fused-ring (bicyclic) bond motifs is 3. The van der Waals surface area contributed by atoms with Crippen molar-refractivity contribution in [2.45, 2.75) is 26.7 Å². The number of nitrogen functional groups attached to an aromatic ring is 1. The lowest BCUT2D eigenvalue weighted by Crippen LogP contribution is -2.24. The predicted octanol–water partition coefficient (Wildman–Crippen LogP) is 2.64. The molecule has 102 valence electrons. The molecule has 0 radical (unpaired) electrons. The largest absolute Gasteiger partial charge is 0.398 e. The number of hydrogen-bond donors (Lipinski definition) is 3. The van der Waals surface area contributed by atoms with Crippen LogP contribution in [0.2, 0.25) is 5.02 Å². The second kappa shape index (κ2) is 5.53. The van der Waals surface area contributed by atoms with Crippen LogP contribution in [-0.4, -0.2) is 17.4 Å². The Balaban J connectivity index is 0.000000637. The maximum Gasteiger partial charge on any atom is 0.224 e. The molecule has 1 aromatic heterocycles. The molecule has 3 rings (SSSR count). The molecule has 19 heavy (non-hydrogen) atoms. The molecule has 1 aliphatic heterocycles. The van der Waals surface area contributed by atoms with Gasteiger partial charge in [0.15, 0.2) is 0 Å². The van der Waals surface area contributed by atoms with Crippen molar-refractivity contribution in [2.24, 2.45) is 0 Å². The van der Waals surface area contributed by atoms with E-state index in [9.17, 15) is 4.79 Å². The molecule has 0 bridgehead atoms. The van der Waals surface area contributed by atoms with Gasteiger partial charge in [-0.05, 0) is 17.7 Å². The van der Waals surface area contributed by atoms with E-state index in [1.807, 2.05) is 19.9 Å². The zero-order valence-electron chi connectivity index (χ0n) is 11.1. The van der Waals surface area contributed by atoms with E-state index < -0.39 is 0 Å². The zero-order chi connectivity index (χ0) is 14.0. The number of benzene rings is 1. The van der Waals surface area contributed by atoms with Gasteiger partial charge in [0.2, 0.25) is 5.91 Å². The third-order valence-corrected chi connectivity index (χ3v) is 3.34. The molecule has 0 unspecified atom stereocenters. The maximum atomic E-state index is 11.6. The van der Waals surface area contributed by atoms with Gasteiger partial charge in [-0.3, -0.25) is 4.79 Å². The number of hydrogen-bond acceptors (Lipinski definition) is 2. The highest BCUT2D eigenvalue weighted by Gasteiger charge is 2.19. The summed E-state index contributed by atoms with van der Waals surface area (Å²) in [7, 11) is 0. The second-order valence-corrected chi connectivity index (χ2v) is 4.71. The molecule has 1 aromatic carbocycles. The van der Waals surface area contributed by atoms with E-state index in [1.165, 1.54) is 0 Å². The fourth-order valence-electron chi connectivity index (χ4n) is 2.41. The first kappa shape index (κ1) is 13.7. The van der Waals surface area contributed by atoms with Crippen LogP contribution in [0.5, 0.6) is 0 Å². The van der Waals surface area contributed by atoms with Gasteiger partial charge in [0.25, 0.3) is 0 Å². The molecular formula is C14H18ClN3O. The molecule has 0 saturated heterocycles. The normalized spacial score (nSPS) is 14.2. The van der Waals surface area contributed by atoms with Gasteiger partial charge in [0, 0.05) is 40.3 Å². The van der Waals surface area contributed by atoms with Crippen molar-refractivity contribution in [3.05, 3.63) is 28.4 Å². The summed E-state index contributed by atoms with van der Waals surface area (Å²) in [5.74, 6) is 0.0407. The number of H-pyrrole nitrogens is 1. The number of carbonyl (C=O) groups is 1. The number of nitrogens with one attached hydrogen (secondary N) is 2. The fraction of sp³-hybridized carbons (Fsp3) is 0.357. The van der Waals surface area contributed by atoms with Gasteiger partial charge in [-0.15, -0.1) is 0 Å². The number of halogens is 1. The van der Waals surface area contributed by atoms with Gasteiger partial charge in [-0.25, -0.2) is 0 Å². The van der Waals surface area contributed by atoms with Crippen LogP contribution < -0.4 is 11.1 Å². The van der Waals surface area contributed by atoms with Crippen molar-refractivity contribution >= 4 is 34.1 Å². The summed E-state index contributed by atoms with van der Waals surface area (Å²) >= 11 is 5.97. The summed E-state index contributed by atoms with van der Waals surface area (Å²) in [4.78, 5) is 14.9. The Kier molecular flexibility index (Phi) is 4.00. The standard InChI is InChI=1S/C12H12ClN3O.C2H6/c13-6-3-8(14)12-7-5-11(17)15-2-1-9(7)16-10(12)4-6;1-2/h3-4,16H,1-2,5,14H2,(H,15,17);1-2H3. The SMILES string of the molecule is CC.Nc1cc(Cl)cc2[nH]c3c(c12)CC(=O)NCC3. The van der Waals surface area contributed by atoms with Crippen LogP contribution in [0.25, 0.3) is 10.9 Å². The quantitative estimate of drug-likeness (QED) is 0.649. The number of amides is 1. The van der Waals surface area contributed by atoms with Crippen molar-refractivity contribution in [3.8, 4) is 0 Å². The molecule has 2 heterocycles. The minimum absolute atomic E-state index is 0.0407. The lowest BCUT2D eigenvalue weighted by atomic mass is 10.1. The number of rotatable bonds is 0. The Morgan fingerprint density at radius 2 is 2.05 bits per heavy atom. The Bertz CT molecular complexity index is 619. The van der Waals surface area contributed by atoms with Gasteiger partial charge >= 0.3 is 0 Å². The predicted molar refractivity (Wildman–Crippen MR) is 79.5 cm³/mol. The zero-order valence-corrected chi connectivity index (χ0v) is 11.9. The highest BCUT2D eigenvalue weighted by atomic mass is 35.5. The number of aromatic nitrogens is 1. The van der Waals surface area contributed by atoms with E-state index in [2.05, 4.69) is 10.3 Å². The molecule has 4 nitrogen and oxygen atoms in total. The van der Waals surface area contributed by atoms with Crippen LogP contribution in [0.4, 0.5) is 5.69 Å². The van der Waals surface area contributed by atoms with Gasteiger partial charge in [0.05, 0.1) is 6.42 Å². The van der Waals surface area contributed by atoms with Crippen molar-refractivity contribution in [1.82, 2.24) is 10.3 Å². The Labute approximate surface area is 117 Å². The third kappa shape index (κ3) is 2.54. The molecule has 1 amide bonds. The number of nitrogens with two attached hydrogens (primary N) is 1. The number of carbonyl (C=O) groups excluding carboxylic acids is 1. The molecule has 1 aliphatic rings. The first-order valence-electron chi connectivity index (χ1n) is 6.50. The molecule has 2 aromatic rings. The van der Waals surface area contributed by atoms with Gasteiger partial charge in [-0.2, -0.15) is 0 Å². The average molecular weight is 280 g/mol. The van der Waals surface area contributed by atoms with Crippen molar-refractivity contribution in [3.63, 3.8) is 0 Å². The summed E-state index contributed by atoms with van der Waals surface area (Å²) in [5.41, 5.74) is 9.60. The minimum Gasteiger partial charge on any atom is -0.398 e. The third-order valence-electron chi connectivity index (χ3n) is 3.12. The Hall–Kier alpha value is -1.68. The first-order valence-corrected chi connectivity index (χ1v) is 6.88. The Morgan fingerprint density at radius 1 is 1.32 bits per heavy atom. The smallest absolute Gasteiger partial charge is 0.224 e. The van der Waals surface area contributed by atoms with Gasteiger partial charge in [-0.1, -0.05) is 25.4 Å². The molecule has 5 heteroatoms. The Morgan fingerprint density at radius 3 is 2.79 bits per heavy atom. The summed E-state index contributed by atoms with van der Waals surface area (Å²) in [5, 5.41) is 4.39. The average Bonchev–Trinajstić information content (AvgIpc) is 2.59. The molecule has 4 N–H and O–H groups in total. The highest BCUT2D eigenvalue weighted by molar-refractivity contribution is 6.32. The van der Waals surface area contributed by atoms with Crippen LogP contribution >= 0.6 is 11.6 Å². The molecule has 0 saturated carbocycles. The van der Waals surface area contributed by atoms with Crippen LogP contribution in [0.3, 0.4) is 0 Å². The monoisotopic (exact) mass is 279 g/mol. The van der Waals surface area contributed by atoms with E-state index in [4.69, 9.17) is 17.3 Å². The molecule has 0 atom stereocenters. The minimum atomic E-state index is 0.0407. The van der Waals surface area contributed by atoms with Gasteiger partial charge < -0.3 is 16.0 Å². The second-order valence-electron chi connectivity index (χ2n) is 4.28.